The van der Waals surface area contributed by atoms with Crippen LogP contribution in [0.25, 0.3) is 0 Å². The molecular formula is C24H28N2O5. The van der Waals surface area contributed by atoms with Crippen LogP contribution in [0.1, 0.15) is 24.5 Å². The van der Waals surface area contributed by atoms with Crippen molar-refractivity contribution in [1.29, 1.82) is 0 Å². The minimum Gasteiger partial charge on any atom is -0.482 e. The van der Waals surface area contributed by atoms with Gasteiger partial charge in [-0.1, -0.05) is 6.07 Å². The van der Waals surface area contributed by atoms with Crippen molar-refractivity contribution in [2.75, 3.05) is 43.1 Å². The number of nitrogens with one attached hydrogen (secondary N) is 1. The molecule has 1 heterocycles. The average molecular weight is 424 g/mol. The maximum atomic E-state index is 12.4. The van der Waals surface area contributed by atoms with Crippen LogP contribution in [0.5, 0.6) is 5.75 Å². The second-order valence-corrected chi connectivity index (χ2v) is 7.84. The smallest absolute Gasteiger partial charge is 0.344 e. The topological polar surface area (TPSA) is 77.1 Å². The van der Waals surface area contributed by atoms with Crippen LogP contribution in [0.4, 0.5) is 11.4 Å². The van der Waals surface area contributed by atoms with Gasteiger partial charge in [0.05, 0.1) is 13.2 Å². The number of carbonyl (C=O) groups is 2. The molecule has 2 aromatic rings. The molecule has 4 rings (SSSR count). The molecule has 7 nitrogen and oxygen atoms in total. The monoisotopic (exact) mass is 424 g/mol. The van der Waals surface area contributed by atoms with Crippen LogP contribution in [0.2, 0.25) is 0 Å². The van der Waals surface area contributed by atoms with Gasteiger partial charge in [0.25, 0.3) is 5.91 Å². The molecule has 0 aromatic heterocycles. The molecule has 1 fully saturated rings. The van der Waals surface area contributed by atoms with Gasteiger partial charge in [-0.05, 0) is 73.7 Å². The minimum absolute atomic E-state index is 0.231. The Morgan fingerprint density at radius 3 is 2.58 bits per heavy atom. The summed E-state index contributed by atoms with van der Waals surface area (Å²) in [5.74, 6) is -0.314. The van der Waals surface area contributed by atoms with Gasteiger partial charge in [0.1, 0.15) is 5.75 Å². The van der Waals surface area contributed by atoms with E-state index in [1.165, 1.54) is 11.1 Å². The van der Waals surface area contributed by atoms with Crippen molar-refractivity contribution in [2.24, 2.45) is 0 Å². The fraction of sp³-hybridized carbons (Fsp3) is 0.417. The number of amides is 1. The summed E-state index contributed by atoms with van der Waals surface area (Å²) in [5.41, 5.74) is 4.36. The molecule has 164 valence electrons. The highest BCUT2D eigenvalue weighted by Gasteiger charge is 2.19. The van der Waals surface area contributed by atoms with Crippen molar-refractivity contribution in [3.63, 3.8) is 0 Å². The maximum Gasteiger partial charge on any atom is 0.344 e. The van der Waals surface area contributed by atoms with E-state index in [1.54, 1.807) is 6.92 Å². The summed E-state index contributed by atoms with van der Waals surface area (Å²) < 4.78 is 16.1. The maximum absolute atomic E-state index is 12.4. The molecule has 1 atom stereocenters. The van der Waals surface area contributed by atoms with Gasteiger partial charge in [-0.2, -0.15) is 0 Å². The van der Waals surface area contributed by atoms with E-state index in [0.29, 0.717) is 11.4 Å². The lowest BCUT2D eigenvalue weighted by Crippen LogP contribution is -2.36. The van der Waals surface area contributed by atoms with Crippen LogP contribution in [-0.2, 0) is 31.9 Å². The molecular weight excluding hydrogens is 396 g/mol. The Bertz CT molecular complexity index is 922. The molecule has 0 spiro atoms. The lowest BCUT2D eigenvalue weighted by Gasteiger charge is -2.28. The Balaban J connectivity index is 1.22. The van der Waals surface area contributed by atoms with Crippen molar-refractivity contribution in [3.05, 3.63) is 53.6 Å². The van der Waals surface area contributed by atoms with Gasteiger partial charge < -0.3 is 24.4 Å². The molecule has 7 heteroatoms. The second-order valence-electron chi connectivity index (χ2n) is 7.84. The quantitative estimate of drug-likeness (QED) is 0.689. The number of hydrogen-bond donors (Lipinski definition) is 1. The van der Waals surface area contributed by atoms with E-state index in [1.807, 2.05) is 42.5 Å². The van der Waals surface area contributed by atoms with E-state index in [4.69, 9.17) is 14.2 Å². The van der Waals surface area contributed by atoms with E-state index in [2.05, 4.69) is 10.2 Å². The highest BCUT2D eigenvalue weighted by atomic mass is 16.6. The van der Waals surface area contributed by atoms with Gasteiger partial charge in [-0.3, -0.25) is 4.79 Å². The number of carbonyl (C=O) groups excluding carboxylic acids is 2. The Labute approximate surface area is 182 Å². The number of fused-ring (bicyclic) bond motifs is 1. The standard InChI is InChI=1S/C24H28N2O5/c1-17(31-23(27)16-30-22-10-5-18-3-2-4-19(18)15-22)24(28)25-20-6-8-21(9-7-20)26-11-13-29-14-12-26/h5-10,15,17H,2-4,11-14,16H2,1H3,(H,25,28)/t17-/m0/s1. The van der Waals surface area contributed by atoms with E-state index >= 15 is 0 Å². The number of benzene rings is 2. The van der Waals surface area contributed by atoms with Gasteiger partial charge in [0, 0.05) is 24.5 Å². The third kappa shape index (κ3) is 5.55. The number of nitrogens with zero attached hydrogens (tertiary/aromatic N) is 1. The number of ether oxygens (including phenoxy) is 3. The normalized spacial score (nSPS) is 16.4. The molecule has 2 aliphatic rings. The summed E-state index contributed by atoms with van der Waals surface area (Å²) >= 11 is 0. The summed E-state index contributed by atoms with van der Waals surface area (Å²) in [6.07, 6.45) is 2.38. The molecule has 1 amide bonds. The molecule has 0 saturated carbocycles. The van der Waals surface area contributed by atoms with Crippen LogP contribution in [0.15, 0.2) is 42.5 Å². The number of hydrogen-bond acceptors (Lipinski definition) is 6. The van der Waals surface area contributed by atoms with Crippen LogP contribution in [0, 0.1) is 0 Å². The highest BCUT2D eigenvalue weighted by Crippen LogP contribution is 2.26. The fourth-order valence-electron chi connectivity index (χ4n) is 3.89. The van der Waals surface area contributed by atoms with Crippen molar-refractivity contribution in [1.82, 2.24) is 0 Å². The molecule has 31 heavy (non-hydrogen) atoms. The lowest BCUT2D eigenvalue weighted by atomic mass is 10.1. The Morgan fingerprint density at radius 2 is 1.81 bits per heavy atom. The zero-order valence-corrected chi connectivity index (χ0v) is 17.8. The van der Waals surface area contributed by atoms with Crippen molar-refractivity contribution in [3.8, 4) is 5.75 Å². The molecule has 0 bridgehead atoms. The first-order valence-electron chi connectivity index (χ1n) is 10.8. The third-order valence-corrected chi connectivity index (χ3v) is 5.62. The van der Waals surface area contributed by atoms with Gasteiger partial charge in [0.15, 0.2) is 12.7 Å². The van der Waals surface area contributed by atoms with Gasteiger partial charge in [-0.25, -0.2) is 4.79 Å². The average Bonchev–Trinajstić information content (AvgIpc) is 3.27. The number of esters is 1. The first kappa shape index (κ1) is 21.2. The predicted octanol–water partition coefficient (Wildman–Crippen LogP) is 2.96. The van der Waals surface area contributed by atoms with Crippen LogP contribution >= 0.6 is 0 Å². The summed E-state index contributed by atoms with van der Waals surface area (Å²) in [5, 5.41) is 2.78. The van der Waals surface area contributed by atoms with Crippen LogP contribution < -0.4 is 15.0 Å². The molecule has 2 aromatic carbocycles. The van der Waals surface area contributed by atoms with E-state index in [9.17, 15) is 9.59 Å². The first-order valence-corrected chi connectivity index (χ1v) is 10.8. The Kier molecular flexibility index (Phi) is 6.72. The largest absolute Gasteiger partial charge is 0.482 e. The second kappa shape index (κ2) is 9.83. The lowest BCUT2D eigenvalue weighted by molar-refractivity contribution is -0.155. The third-order valence-electron chi connectivity index (χ3n) is 5.62. The van der Waals surface area contributed by atoms with E-state index in [0.717, 1.165) is 51.3 Å². The first-order chi connectivity index (χ1) is 15.1. The van der Waals surface area contributed by atoms with E-state index < -0.39 is 12.1 Å². The van der Waals surface area contributed by atoms with Gasteiger partial charge in [-0.15, -0.1) is 0 Å². The summed E-state index contributed by atoms with van der Waals surface area (Å²) in [6, 6.07) is 13.5. The van der Waals surface area contributed by atoms with E-state index in [-0.39, 0.29) is 12.5 Å². The number of aryl methyl sites for hydroxylation is 2. The van der Waals surface area contributed by atoms with Gasteiger partial charge >= 0.3 is 5.97 Å². The molecule has 1 N–H and O–H groups in total. The summed E-state index contributed by atoms with van der Waals surface area (Å²) in [4.78, 5) is 26.7. The molecule has 0 radical (unpaired) electrons. The number of morpholine rings is 1. The highest BCUT2D eigenvalue weighted by molar-refractivity contribution is 5.95. The van der Waals surface area contributed by atoms with Gasteiger partial charge in [0.2, 0.25) is 0 Å². The summed E-state index contributed by atoms with van der Waals surface area (Å²) in [7, 11) is 0. The fourth-order valence-corrected chi connectivity index (χ4v) is 3.89. The zero-order valence-electron chi connectivity index (χ0n) is 17.8. The van der Waals surface area contributed by atoms with Crippen LogP contribution in [-0.4, -0.2) is 50.9 Å². The number of rotatable bonds is 7. The van der Waals surface area contributed by atoms with Crippen molar-refractivity contribution < 1.29 is 23.8 Å². The van der Waals surface area contributed by atoms with Crippen molar-refractivity contribution in [2.45, 2.75) is 32.3 Å². The summed E-state index contributed by atoms with van der Waals surface area (Å²) in [6.45, 7) is 4.46. The molecule has 0 unspecified atom stereocenters. The van der Waals surface area contributed by atoms with Crippen LogP contribution in [0.3, 0.4) is 0 Å². The zero-order chi connectivity index (χ0) is 21.6. The minimum atomic E-state index is -0.921. The Hall–Kier alpha value is -3.06. The van der Waals surface area contributed by atoms with Crippen molar-refractivity contribution >= 4 is 23.3 Å². The molecule has 1 aliphatic carbocycles. The molecule has 1 saturated heterocycles. The number of anilines is 2. The molecule has 1 aliphatic heterocycles. The predicted molar refractivity (Wildman–Crippen MR) is 118 cm³/mol. The SMILES string of the molecule is C[C@H](OC(=O)COc1ccc2c(c1)CCC2)C(=O)Nc1ccc(N2CCOCC2)cc1. The Morgan fingerprint density at radius 1 is 1.06 bits per heavy atom.